The summed E-state index contributed by atoms with van der Waals surface area (Å²) in [6, 6.07) is 1.87. The molecule has 0 aliphatic carbocycles. The number of nitrogens with two attached hydrogens (primary N) is 1. The zero-order valence-electron chi connectivity index (χ0n) is 11.9. The Morgan fingerprint density at radius 3 is 2.21 bits per heavy atom. The van der Waals surface area contributed by atoms with Crippen LogP contribution in [-0.4, -0.2) is 22.3 Å². The third-order valence-corrected chi connectivity index (χ3v) is 2.83. The Kier molecular flexibility index (Phi) is 5.46. The lowest BCUT2D eigenvalue weighted by atomic mass is 10.3. The molecule has 19 heavy (non-hydrogen) atoms. The number of aryl methyl sites for hydroxylation is 2. The molecule has 0 amide bonds. The molecule has 7 heteroatoms. The number of rotatable bonds is 1. The minimum atomic E-state index is -1.14. The molecule has 2 aromatic rings. The Labute approximate surface area is 123 Å². The highest BCUT2D eigenvalue weighted by atomic mass is 35.6. The van der Waals surface area contributed by atoms with Crippen molar-refractivity contribution in [1.82, 2.24) is 15.0 Å². The Morgan fingerprint density at radius 1 is 1.21 bits per heavy atom. The monoisotopic (exact) mass is 314 g/mol. The summed E-state index contributed by atoms with van der Waals surface area (Å²) in [7, 11) is -1.14. The second kappa shape index (κ2) is 6.45. The number of aromatic nitrogens is 3. The number of nitrogens with zero attached hydrogens (tertiary/aromatic N) is 3. The second-order valence-corrected chi connectivity index (χ2v) is 13.6. The van der Waals surface area contributed by atoms with Crippen LogP contribution in [0.4, 0.5) is 5.13 Å². The molecule has 0 radical (unpaired) electrons. The SMILES string of the molecule is C[Si](C)(C)Cl.Cc1nccc(-c2sc(N)nc2C)n1. The van der Waals surface area contributed by atoms with E-state index in [9.17, 15) is 0 Å². The van der Waals surface area contributed by atoms with Gasteiger partial charge in [0.2, 0.25) is 0 Å². The highest BCUT2D eigenvalue weighted by Crippen LogP contribution is 2.29. The third-order valence-electron chi connectivity index (χ3n) is 1.82. The minimum Gasteiger partial charge on any atom is -0.375 e. The lowest BCUT2D eigenvalue weighted by Crippen LogP contribution is -2.06. The normalized spacial score (nSPS) is 10.8. The van der Waals surface area contributed by atoms with Crippen molar-refractivity contribution in [3.63, 3.8) is 0 Å². The second-order valence-electron chi connectivity index (χ2n) is 5.02. The number of nitrogen functional groups attached to an aromatic ring is 1. The summed E-state index contributed by atoms with van der Waals surface area (Å²) in [5, 5.41) is 0.578. The van der Waals surface area contributed by atoms with E-state index < -0.39 is 7.38 Å². The van der Waals surface area contributed by atoms with Gasteiger partial charge in [0.25, 0.3) is 0 Å². The average molecular weight is 315 g/mol. The van der Waals surface area contributed by atoms with Crippen LogP contribution in [0.25, 0.3) is 10.6 Å². The van der Waals surface area contributed by atoms with Crippen LogP contribution in [0.3, 0.4) is 0 Å². The molecular formula is C12H19ClN4SSi. The molecular weight excluding hydrogens is 296 g/mol. The van der Waals surface area contributed by atoms with Crippen LogP contribution in [0, 0.1) is 13.8 Å². The van der Waals surface area contributed by atoms with Gasteiger partial charge >= 0.3 is 0 Å². The molecule has 0 aromatic carbocycles. The number of hydrogen-bond donors (Lipinski definition) is 1. The van der Waals surface area contributed by atoms with Crippen LogP contribution in [0.2, 0.25) is 19.6 Å². The topological polar surface area (TPSA) is 64.7 Å². The fraction of sp³-hybridized carbons (Fsp3) is 0.417. The molecule has 0 atom stereocenters. The van der Waals surface area contributed by atoms with Gasteiger partial charge in [-0.05, 0) is 19.9 Å². The van der Waals surface area contributed by atoms with Gasteiger partial charge < -0.3 is 5.73 Å². The lowest BCUT2D eigenvalue weighted by molar-refractivity contribution is 1.06. The molecule has 0 aliphatic heterocycles. The van der Waals surface area contributed by atoms with Gasteiger partial charge in [0, 0.05) is 6.20 Å². The Balaban J connectivity index is 0.000000312. The molecule has 104 valence electrons. The molecule has 0 fully saturated rings. The van der Waals surface area contributed by atoms with Crippen LogP contribution in [0.1, 0.15) is 11.5 Å². The summed E-state index contributed by atoms with van der Waals surface area (Å²) in [4.78, 5) is 13.5. The van der Waals surface area contributed by atoms with Gasteiger partial charge in [0.1, 0.15) is 13.2 Å². The Hall–Kier alpha value is -0.983. The summed E-state index contributed by atoms with van der Waals surface area (Å²) >= 11 is 7.12. The van der Waals surface area contributed by atoms with Crippen molar-refractivity contribution in [3.05, 3.63) is 23.8 Å². The van der Waals surface area contributed by atoms with Crippen molar-refractivity contribution < 1.29 is 0 Å². The van der Waals surface area contributed by atoms with E-state index in [0.717, 1.165) is 22.1 Å². The van der Waals surface area contributed by atoms with Crippen LogP contribution in [-0.2, 0) is 0 Å². The predicted molar refractivity (Wildman–Crippen MR) is 86.2 cm³/mol. The highest BCUT2D eigenvalue weighted by molar-refractivity contribution is 7.19. The van der Waals surface area contributed by atoms with Crippen molar-refractivity contribution in [2.24, 2.45) is 0 Å². The number of halogens is 1. The van der Waals surface area contributed by atoms with Crippen LogP contribution in [0.5, 0.6) is 0 Å². The van der Waals surface area contributed by atoms with E-state index in [4.69, 9.17) is 16.8 Å². The zero-order valence-corrected chi connectivity index (χ0v) is 14.4. The molecule has 0 bridgehead atoms. The molecule has 4 nitrogen and oxygen atoms in total. The van der Waals surface area contributed by atoms with E-state index in [1.807, 2.05) is 19.9 Å². The molecule has 2 N–H and O–H groups in total. The molecule has 0 aliphatic rings. The fourth-order valence-electron chi connectivity index (χ4n) is 1.24. The molecule has 2 rings (SSSR count). The van der Waals surface area contributed by atoms with E-state index in [-0.39, 0.29) is 0 Å². The van der Waals surface area contributed by atoms with Crippen molar-refractivity contribution in [1.29, 1.82) is 0 Å². The molecule has 2 aromatic heterocycles. The van der Waals surface area contributed by atoms with Crippen molar-refractivity contribution >= 4 is 34.9 Å². The minimum absolute atomic E-state index is 0.578. The standard InChI is InChI=1S/C9H10N4S.C3H9ClSi/c1-5-8(14-9(10)12-5)7-3-4-11-6(2)13-7;1-5(2,3)4/h3-4H,1-2H3,(H2,10,12);1-3H3. The van der Waals surface area contributed by atoms with E-state index in [2.05, 4.69) is 34.6 Å². The van der Waals surface area contributed by atoms with Gasteiger partial charge in [-0.15, -0.1) is 0 Å². The maximum atomic E-state index is 5.67. The summed E-state index contributed by atoms with van der Waals surface area (Å²) in [6.07, 6.45) is 1.74. The maximum absolute atomic E-state index is 5.67. The van der Waals surface area contributed by atoms with Gasteiger partial charge in [-0.25, -0.2) is 15.0 Å². The first kappa shape index (κ1) is 16.1. The Morgan fingerprint density at radius 2 is 1.79 bits per heavy atom. The fourth-order valence-corrected chi connectivity index (χ4v) is 2.04. The van der Waals surface area contributed by atoms with E-state index >= 15 is 0 Å². The van der Waals surface area contributed by atoms with E-state index in [1.54, 1.807) is 6.20 Å². The third kappa shape index (κ3) is 6.13. The van der Waals surface area contributed by atoms with Gasteiger partial charge in [-0.1, -0.05) is 31.0 Å². The Bertz CT molecular complexity index is 545. The molecule has 2 heterocycles. The van der Waals surface area contributed by atoms with Crippen molar-refractivity contribution in [2.75, 3.05) is 5.73 Å². The van der Waals surface area contributed by atoms with Crippen molar-refractivity contribution in [3.8, 4) is 10.6 Å². The molecule has 0 unspecified atom stereocenters. The first-order valence-corrected chi connectivity index (χ1v) is 11.2. The molecule has 0 spiro atoms. The maximum Gasteiger partial charge on any atom is 0.180 e. The summed E-state index contributed by atoms with van der Waals surface area (Å²) in [5.41, 5.74) is 7.43. The summed E-state index contributed by atoms with van der Waals surface area (Å²) in [5.74, 6) is 0.758. The van der Waals surface area contributed by atoms with Gasteiger partial charge in [-0.2, -0.15) is 11.1 Å². The van der Waals surface area contributed by atoms with Gasteiger partial charge in [0.15, 0.2) is 5.13 Å². The lowest BCUT2D eigenvalue weighted by Gasteiger charge is -1.97. The molecule has 0 saturated carbocycles. The van der Waals surface area contributed by atoms with E-state index in [1.165, 1.54) is 11.3 Å². The number of hydrogen-bond acceptors (Lipinski definition) is 5. The molecule has 0 saturated heterocycles. The van der Waals surface area contributed by atoms with Gasteiger partial charge in [0.05, 0.1) is 16.3 Å². The van der Waals surface area contributed by atoms with Crippen LogP contribution < -0.4 is 5.73 Å². The number of thiazole rings is 1. The first-order valence-electron chi connectivity index (χ1n) is 5.88. The predicted octanol–water partition coefficient (Wildman–Crippen LogP) is 3.86. The summed E-state index contributed by atoms with van der Waals surface area (Å²) in [6.45, 7) is 10.1. The van der Waals surface area contributed by atoms with E-state index in [0.29, 0.717) is 5.13 Å². The van der Waals surface area contributed by atoms with Gasteiger partial charge in [-0.3, -0.25) is 0 Å². The summed E-state index contributed by atoms with van der Waals surface area (Å²) < 4.78 is 0. The smallest absolute Gasteiger partial charge is 0.180 e. The van der Waals surface area contributed by atoms with Crippen LogP contribution in [0.15, 0.2) is 12.3 Å². The van der Waals surface area contributed by atoms with Crippen LogP contribution >= 0.6 is 22.4 Å². The number of anilines is 1. The quantitative estimate of drug-likeness (QED) is 0.641. The zero-order chi connectivity index (χ0) is 14.6. The van der Waals surface area contributed by atoms with Crippen molar-refractivity contribution in [2.45, 2.75) is 33.5 Å². The largest absolute Gasteiger partial charge is 0.375 e. The first-order chi connectivity index (χ1) is 8.66. The average Bonchev–Trinajstić information content (AvgIpc) is 2.55. The highest BCUT2D eigenvalue weighted by Gasteiger charge is 2.09.